The molecule has 0 aromatic carbocycles. The lowest BCUT2D eigenvalue weighted by atomic mass is 10.3. The number of nitrogens with one attached hydrogen (secondary N) is 1. The van der Waals surface area contributed by atoms with Crippen molar-refractivity contribution in [2.24, 2.45) is 0 Å². The van der Waals surface area contributed by atoms with Crippen LogP contribution >= 0.6 is 0 Å². The van der Waals surface area contributed by atoms with E-state index in [4.69, 9.17) is 4.74 Å². The molecule has 1 rings (SSSR count). The lowest BCUT2D eigenvalue weighted by molar-refractivity contribution is 0.326. The van der Waals surface area contributed by atoms with Crippen LogP contribution in [0.25, 0.3) is 0 Å². The van der Waals surface area contributed by atoms with E-state index in [1.807, 2.05) is 13.0 Å². The molecule has 0 aliphatic heterocycles. The summed E-state index contributed by atoms with van der Waals surface area (Å²) in [6.45, 7) is 11.8. The number of aromatic nitrogens is 2. The Hall–Kier alpha value is -1.36. The smallest absolute Gasteiger partial charge is 0.218 e. The van der Waals surface area contributed by atoms with E-state index >= 15 is 0 Å². The molecule has 0 saturated carbocycles. The van der Waals surface area contributed by atoms with E-state index in [2.05, 4.69) is 41.0 Å². The van der Waals surface area contributed by atoms with Crippen LogP contribution in [0.2, 0.25) is 0 Å². The van der Waals surface area contributed by atoms with Gasteiger partial charge in [0.25, 0.3) is 0 Å². The summed E-state index contributed by atoms with van der Waals surface area (Å²) in [4.78, 5) is 10.6. The van der Waals surface area contributed by atoms with Gasteiger partial charge in [-0.25, -0.2) is 9.97 Å². The van der Waals surface area contributed by atoms with Gasteiger partial charge in [-0.1, -0.05) is 13.8 Å². The number of anilines is 1. The van der Waals surface area contributed by atoms with Crippen molar-refractivity contribution in [1.29, 1.82) is 0 Å². The molecule has 0 saturated heterocycles. The van der Waals surface area contributed by atoms with Crippen molar-refractivity contribution >= 4 is 5.82 Å². The minimum absolute atomic E-state index is 0.507. The van der Waals surface area contributed by atoms with Crippen molar-refractivity contribution in [1.82, 2.24) is 15.3 Å². The minimum atomic E-state index is 0.507. The summed E-state index contributed by atoms with van der Waals surface area (Å²) in [5, 5.41) is 3.40. The van der Waals surface area contributed by atoms with Gasteiger partial charge in [0.1, 0.15) is 12.1 Å². The topological polar surface area (TPSA) is 50.3 Å². The zero-order valence-electron chi connectivity index (χ0n) is 11.8. The number of rotatable bonds is 8. The van der Waals surface area contributed by atoms with E-state index in [1.165, 1.54) is 0 Å². The van der Waals surface area contributed by atoms with E-state index in [0.29, 0.717) is 18.5 Å². The third-order valence-electron chi connectivity index (χ3n) is 2.56. The van der Waals surface area contributed by atoms with Crippen molar-refractivity contribution < 1.29 is 4.74 Å². The highest BCUT2D eigenvalue weighted by atomic mass is 16.5. The Labute approximate surface area is 110 Å². The van der Waals surface area contributed by atoms with Crippen LogP contribution in [-0.4, -0.2) is 42.3 Å². The van der Waals surface area contributed by atoms with Gasteiger partial charge in [0.2, 0.25) is 5.88 Å². The molecule has 0 unspecified atom stereocenters. The summed E-state index contributed by atoms with van der Waals surface area (Å²) >= 11 is 0. The first kappa shape index (κ1) is 14.7. The minimum Gasteiger partial charge on any atom is -0.478 e. The van der Waals surface area contributed by atoms with Crippen LogP contribution in [0.3, 0.4) is 0 Å². The molecule has 0 bridgehead atoms. The first-order valence-electron chi connectivity index (χ1n) is 6.60. The van der Waals surface area contributed by atoms with Crippen molar-refractivity contribution in [3.63, 3.8) is 0 Å². The zero-order valence-corrected chi connectivity index (χ0v) is 11.8. The molecule has 5 heteroatoms. The maximum atomic E-state index is 5.39. The predicted molar refractivity (Wildman–Crippen MR) is 74.2 cm³/mol. The largest absolute Gasteiger partial charge is 0.478 e. The van der Waals surface area contributed by atoms with Crippen LogP contribution < -0.4 is 15.0 Å². The zero-order chi connectivity index (χ0) is 13.4. The summed E-state index contributed by atoms with van der Waals surface area (Å²) in [6.07, 6.45) is 1.55. The molecule has 0 aliphatic carbocycles. The van der Waals surface area contributed by atoms with Crippen molar-refractivity contribution in [2.75, 3.05) is 31.1 Å². The van der Waals surface area contributed by atoms with Gasteiger partial charge in [0, 0.05) is 31.7 Å². The molecular formula is C13H24N4O. The van der Waals surface area contributed by atoms with Crippen LogP contribution in [0.5, 0.6) is 5.88 Å². The van der Waals surface area contributed by atoms with Gasteiger partial charge >= 0.3 is 0 Å². The van der Waals surface area contributed by atoms with E-state index in [1.54, 1.807) is 6.33 Å². The molecule has 5 nitrogen and oxygen atoms in total. The van der Waals surface area contributed by atoms with Crippen LogP contribution in [-0.2, 0) is 0 Å². The molecule has 0 spiro atoms. The van der Waals surface area contributed by atoms with Gasteiger partial charge < -0.3 is 15.0 Å². The average molecular weight is 252 g/mol. The first-order chi connectivity index (χ1) is 8.67. The maximum absolute atomic E-state index is 5.39. The summed E-state index contributed by atoms with van der Waals surface area (Å²) in [5.74, 6) is 1.55. The van der Waals surface area contributed by atoms with E-state index in [9.17, 15) is 0 Å². The highest BCUT2D eigenvalue weighted by Gasteiger charge is 2.07. The summed E-state index contributed by atoms with van der Waals surface area (Å²) in [6, 6.07) is 2.40. The molecular weight excluding hydrogens is 228 g/mol. The summed E-state index contributed by atoms with van der Waals surface area (Å²) < 4.78 is 5.39. The second kappa shape index (κ2) is 7.87. The SMILES string of the molecule is CCOc1cc(N(CC)CCNC(C)C)ncn1. The van der Waals surface area contributed by atoms with Crippen molar-refractivity contribution in [3.05, 3.63) is 12.4 Å². The van der Waals surface area contributed by atoms with Crippen LogP contribution in [0.1, 0.15) is 27.7 Å². The Morgan fingerprint density at radius 1 is 1.33 bits per heavy atom. The molecule has 1 heterocycles. The Balaban J connectivity index is 2.60. The molecule has 102 valence electrons. The second-order valence-electron chi connectivity index (χ2n) is 4.34. The molecule has 0 radical (unpaired) electrons. The predicted octanol–water partition coefficient (Wildman–Crippen LogP) is 1.70. The van der Waals surface area contributed by atoms with Gasteiger partial charge in [0.05, 0.1) is 6.61 Å². The Bertz CT molecular complexity index is 344. The van der Waals surface area contributed by atoms with E-state index in [0.717, 1.165) is 25.5 Å². The van der Waals surface area contributed by atoms with E-state index < -0.39 is 0 Å². The Kier molecular flexibility index (Phi) is 6.43. The standard InChI is InChI=1S/C13H24N4O/c1-5-17(8-7-14-11(3)4)12-9-13(18-6-2)16-10-15-12/h9-11,14H,5-8H2,1-4H3. The third-order valence-corrected chi connectivity index (χ3v) is 2.56. The lowest BCUT2D eigenvalue weighted by Gasteiger charge is -2.22. The van der Waals surface area contributed by atoms with Gasteiger partial charge in [-0.2, -0.15) is 0 Å². The Morgan fingerprint density at radius 3 is 2.72 bits per heavy atom. The van der Waals surface area contributed by atoms with Gasteiger partial charge in [-0.3, -0.25) is 0 Å². The fraction of sp³-hybridized carbons (Fsp3) is 0.692. The first-order valence-corrected chi connectivity index (χ1v) is 6.60. The highest BCUT2D eigenvalue weighted by molar-refractivity contribution is 5.40. The highest BCUT2D eigenvalue weighted by Crippen LogP contribution is 2.15. The molecule has 1 aromatic rings. The van der Waals surface area contributed by atoms with Crippen LogP contribution in [0.4, 0.5) is 5.82 Å². The number of hydrogen-bond acceptors (Lipinski definition) is 5. The number of likely N-dealkylation sites (N-methyl/N-ethyl adjacent to an activating group) is 1. The van der Waals surface area contributed by atoms with Crippen LogP contribution in [0.15, 0.2) is 12.4 Å². The molecule has 0 aliphatic rings. The fourth-order valence-corrected chi connectivity index (χ4v) is 1.65. The molecule has 0 atom stereocenters. The number of hydrogen-bond donors (Lipinski definition) is 1. The van der Waals surface area contributed by atoms with Gasteiger partial charge in [-0.15, -0.1) is 0 Å². The normalized spacial score (nSPS) is 10.7. The number of ether oxygens (including phenoxy) is 1. The lowest BCUT2D eigenvalue weighted by Crippen LogP contribution is -2.35. The monoisotopic (exact) mass is 252 g/mol. The van der Waals surface area contributed by atoms with Gasteiger partial charge in [-0.05, 0) is 13.8 Å². The summed E-state index contributed by atoms with van der Waals surface area (Å²) in [7, 11) is 0. The molecule has 18 heavy (non-hydrogen) atoms. The van der Waals surface area contributed by atoms with E-state index in [-0.39, 0.29) is 0 Å². The van der Waals surface area contributed by atoms with Gasteiger partial charge in [0.15, 0.2) is 0 Å². The second-order valence-corrected chi connectivity index (χ2v) is 4.34. The molecule has 0 fully saturated rings. The van der Waals surface area contributed by atoms with Crippen molar-refractivity contribution in [2.45, 2.75) is 33.7 Å². The summed E-state index contributed by atoms with van der Waals surface area (Å²) in [5.41, 5.74) is 0. The quantitative estimate of drug-likeness (QED) is 0.763. The maximum Gasteiger partial charge on any atom is 0.218 e. The Morgan fingerprint density at radius 2 is 2.11 bits per heavy atom. The molecule has 1 N–H and O–H groups in total. The molecule has 0 amide bonds. The van der Waals surface area contributed by atoms with Crippen molar-refractivity contribution in [3.8, 4) is 5.88 Å². The average Bonchev–Trinajstić information content (AvgIpc) is 2.35. The fourth-order valence-electron chi connectivity index (χ4n) is 1.65. The third kappa shape index (κ3) is 4.87. The number of nitrogens with zero attached hydrogens (tertiary/aromatic N) is 3. The van der Waals surface area contributed by atoms with Crippen LogP contribution in [0, 0.1) is 0 Å². The molecule has 1 aromatic heterocycles.